The van der Waals surface area contributed by atoms with E-state index in [2.05, 4.69) is 114 Å². The van der Waals surface area contributed by atoms with Gasteiger partial charge in [-0.3, -0.25) is 24.2 Å². The van der Waals surface area contributed by atoms with Gasteiger partial charge in [0.25, 0.3) is 0 Å². The van der Waals surface area contributed by atoms with Crippen molar-refractivity contribution in [1.82, 2.24) is 15.1 Å². The molecule has 0 bridgehead atoms. The quantitative estimate of drug-likeness (QED) is 0.179. The van der Waals surface area contributed by atoms with Gasteiger partial charge in [-0.05, 0) is 148 Å². The predicted octanol–water partition coefficient (Wildman–Crippen LogP) is 10.4. The Kier molecular flexibility index (Phi) is 11.4. The Morgan fingerprint density at radius 1 is 0.742 bits per heavy atom. The van der Waals surface area contributed by atoms with E-state index in [0.717, 1.165) is 97.1 Å². The lowest BCUT2D eigenvalue weighted by Crippen LogP contribution is -2.70. The average Bonchev–Trinajstić information content (AvgIpc) is 3.50. The van der Waals surface area contributed by atoms with E-state index in [9.17, 15) is 14.7 Å². The summed E-state index contributed by atoms with van der Waals surface area (Å²) in [5, 5.41) is 13.5. The highest BCUT2D eigenvalue weighted by molar-refractivity contribution is 5.85. The molecule has 0 aromatic heterocycles. The smallest absolute Gasteiger partial charge is 0.309 e. The number of carboxylic acids is 1. The van der Waals surface area contributed by atoms with Gasteiger partial charge in [-0.2, -0.15) is 0 Å². The van der Waals surface area contributed by atoms with Gasteiger partial charge in [-0.15, -0.1) is 0 Å². The Balaban J connectivity index is 0.984. The van der Waals surface area contributed by atoms with E-state index in [-0.39, 0.29) is 50.6 Å². The fraction of sp³-hybridized carbons (Fsp3) is 0.796. The van der Waals surface area contributed by atoms with Crippen molar-refractivity contribution in [3.63, 3.8) is 0 Å². The van der Waals surface area contributed by atoms with Crippen molar-refractivity contribution < 1.29 is 24.2 Å². The lowest BCUT2D eigenvalue weighted by atomic mass is 9.30. The van der Waals surface area contributed by atoms with Crippen LogP contribution < -0.4 is 5.32 Å². The number of allylic oxidation sites excluding steroid dienone is 1. The molecule has 1 aromatic carbocycles. The van der Waals surface area contributed by atoms with Gasteiger partial charge in [-0.1, -0.05) is 97.9 Å². The second kappa shape index (κ2) is 15.4. The largest absolute Gasteiger partial charge is 0.481 e. The van der Waals surface area contributed by atoms with E-state index in [0.29, 0.717) is 36.0 Å². The van der Waals surface area contributed by atoms with Gasteiger partial charge >= 0.3 is 11.9 Å². The number of carbonyl (C=O) groups excluding carboxylic acids is 2. The van der Waals surface area contributed by atoms with E-state index >= 15 is 4.79 Å². The molecule has 1 aromatic rings. The number of esters is 1. The van der Waals surface area contributed by atoms with Gasteiger partial charge in [0.1, 0.15) is 6.10 Å². The average molecular weight is 854 g/mol. The van der Waals surface area contributed by atoms with Crippen molar-refractivity contribution in [2.75, 3.05) is 32.7 Å². The zero-order valence-electron chi connectivity index (χ0n) is 40.6. The summed E-state index contributed by atoms with van der Waals surface area (Å²) >= 11 is 0. The zero-order chi connectivity index (χ0) is 45.1. The highest BCUT2D eigenvalue weighted by atomic mass is 16.5. The Labute approximate surface area is 375 Å². The molecule has 0 radical (unpaired) electrons. The lowest BCUT2D eigenvalue weighted by molar-refractivity contribution is -0.264. The number of nitrogens with one attached hydrogen (secondary N) is 1. The van der Waals surface area contributed by atoms with E-state index < -0.39 is 22.7 Å². The summed E-state index contributed by atoms with van der Waals surface area (Å²) in [4.78, 5) is 46.1. The van der Waals surface area contributed by atoms with Gasteiger partial charge < -0.3 is 15.2 Å². The molecule has 6 aliphatic carbocycles. The maximum absolute atomic E-state index is 15.4. The van der Waals surface area contributed by atoms with Crippen LogP contribution in [-0.4, -0.2) is 77.1 Å². The van der Waals surface area contributed by atoms with Gasteiger partial charge in [-0.25, -0.2) is 0 Å². The van der Waals surface area contributed by atoms with Gasteiger partial charge in [0.2, 0.25) is 5.91 Å². The minimum absolute atomic E-state index is 0.0827. The molecular weight excluding hydrogens is 771 g/mol. The number of rotatable bonds is 10. The van der Waals surface area contributed by atoms with Crippen LogP contribution in [0.25, 0.3) is 0 Å². The van der Waals surface area contributed by atoms with Crippen LogP contribution in [0, 0.1) is 73.4 Å². The van der Waals surface area contributed by atoms with Crippen molar-refractivity contribution in [2.24, 2.45) is 73.4 Å². The first-order chi connectivity index (χ1) is 28.9. The third kappa shape index (κ3) is 6.81. The molecular formula is C54H83N3O5. The van der Waals surface area contributed by atoms with Crippen LogP contribution >= 0.6 is 0 Å². The number of fused-ring (bicyclic) bond motifs is 7. The molecule has 1 heterocycles. The van der Waals surface area contributed by atoms with Crippen LogP contribution in [0.5, 0.6) is 0 Å². The SMILES string of the molecule is C=C(C)[C@@H]1CC[C@]2(C(=O)NC(C)(C)CN3CCN(Cc4ccccc4)CC3)CC[C@]3(C)[C@H](CC[C@@H]4[C@@]5(C)CC[C@H](OC(=O)[C@H]6C[C@@H](C(=O)O)C6(C)C)C(C)(C)[C@@H]5CC[C@]43C)[C@@]12C. The first kappa shape index (κ1) is 45.8. The molecule has 0 unspecified atom stereocenters. The number of aliphatic carboxylic acids is 1. The molecule has 1 amide bonds. The summed E-state index contributed by atoms with van der Waals surface area (Å²) in [6.45, 7) is 36.3. The van der Waals surface area contributed by atoms with E-state index in [1.54, 1.807) is 0 Å². The number of amides is 1. The first-order valence-corrected chi connectivity index (χ1v) is 24.8. The highest BCUT2D eigenvalue weighted by Gasteiger charge is 2.76. The van der Waals surface area contributed by atoms with Crippen LogP contribution in [0.15, 0.2) is 42.5 Å². The standard InChI is InChI=1S/C54H83N3O5/c1-35(2)37-20-25-54(46(61)55-47(3,4)34-57-30-28-56(29-31-57)33-36-16-14-13-15-17-36)27-26-52(11)42(53(37,54)12)19-18-41-50(9)23-22-43(49(7,8)40(50)21-24-51(41,52)10)62-45(60)39-32-38(44(58)59)48(39,5)6/h13-17,37-43H,1,18-34H2,2-12H3,(H,55,61)(H,58,59)/t37-,38-,39+,40-,41+,42-,43-,50-,51+,52+,53+,54+/m0/s1. The molecule has 6 saturated carbocycles. The fourth-order valence-corrected chi connectivity index (χ4v) is 17.4. The third-order valence-electron chi connectivity index (χ3n) is 21.1. The number of carboxylic acid groups (broad SMARTS) is 1. The molecule has 0 spiro atoms. The number of hydrogen-bond donors (Lipinski definition) is 2. The van der Waals surface area contributed by atoms with E-state index in [4.69, 9.17) is 4.74 Å². The van der Waals surface area contributed by atoms with E-state index in [1.807, 2.05) is 13.8 Å². The molecule has 344 valence electrons. The van der Waals surface area contributed by atoms with Crippen molar-refractivity contribution in [1.29, 1.82) is 0 Å². The first-order valence-electron chi connectivity index (χ1n) is 24.8. The Hall–Kier alpha value is -2.71. The number of piperazine rings is 1. The Morgan fingerprint density at radius 3 is 2.00 bits per heavy atom. The van der Waals surface area contributed by atoms with Crippen LogP contribution in [0.4, 0.5) is 0 Å². The monoisotopic (exact) mass is 854 g/mol. The van der Waals surface area contributed by atoms with Crippen LogP contribution in [-0.2, 0) is 25.7 Å². The van der Waals surface area contributed by atoms with E-state index in [1.165, 1.54) is 17.6 Å². The molecule has 12 atom stereocenters. The number of nitrogens with zero attached hydrogens (tertiary/aromatic N) is 2. The third-order valence-corrected chi connectivity index (χ3v) is 21.1. The number of benzene rings is 1. The fourth-order valence-electron chi connectivity index (χ4n) is 17.4. The molecule has 7 fully saturated rings. The summed E-state index contributed by atoms with van der Waals surface area (Å²) in [6, 6.07) is 10.8. The molecule has 8 heteroatoms. The summed E-state index contributed by atoms with van der Waals surface area (Å²) in [5.41, 5.74) is 1.22. The molecule has 2 N–H and O–H groups in total. The summed E-state index contributed by atoms with van der Waals surface area (Å²) in [5.74, 6) is 0.132. The van der Waals surface area contributed by atoms with Gasteiger partial charge in [0, 0.05) is 50.2 Å². The maximum Gasteiger partial charge on any atom is 0.309 e. The van der Waals surface area contributed by atoms with Crippen molar-refractivity contribution in [3.05, 3.63) is 48.0 Å². The zero-order valence-corrected chi connectivity index (χ0v) is 40.6. The normalized spacial score (nSPS) is 42.5. The Morgan fingerprint density at radius 2 is 1.37 bits per heavy atom. The maximum atomic E-state index is 15.4. The molecule has 1 saturated heterocycles. The number of ether oxygens (including phenoxy) is 1. The molecule has 1 aliphatic heterocycles. The minimum atomic E-state index is -0.815. The second-order valence-electron chi connectivity index (χ2n) is 25.1. The van der Waals surface area contributed by atoms with Crippen molar-refractivity contribution in [2.45, 2.75) is 165 Å². The lowest BCUT2D eigenvalue weighted by Gasteiger charge is -2.74. The molecule has 7 aliphatic rings. The summed E-state index contributed by atoms with van der Waals surface area (Å²) in [6.07, 6.45) is 10.7. The molecule has 8 nitrogen and oxygen atoms in total. The Bertz CT molecular complexity index is 1920. The van der Waals surface area contributed by atoms with Gasteiger partial charge in [0.15, 0.2) is 0 Å². The topological polar surface area (TPSA) is 99.2 Å². The second-order valence-corrected chi connectivity index (χ2v) is 25.1. The van der Waals surface area contributed by atoms with Crippen molar-refractivity contribution in [3.8, 4) is 0 Å². The predicted molar refractivity (Wildman–Crippen MR) is 247 cm³/mol. The summed E-state index contributed by atoms with van der Waals surface area (Å²) in [7, 11) is 0. The number of carbonyl (C=O) groups is 3. The van der Waals surface area contributed by atoms with Crippen molar-refractivity contribution >= 4 is 17.8 Å². The summed E-state index contributed by atoms with van der Waals surface area (Å²) < 4.78 is 6.48. The minimum Gasteiger partial charge on any atom is -0.481 e. The van der Waals surface area contributed by atoms with Crippen LogP contribution in [0.3, 0.4) is 0 Å². The molecule has 62 heavy (non-hydrogen) atoms. The van der Waals surface area contributed by atoms with Crippen LogP contribution in [0.2, 0.25) is 0 Å². The van der Waals surface area contributed by atoms with Crippen LogP contribution in [0.1, 0.15) is 152 Å². The number of hydrogen-bond acceptors (Lipinski definition) is 6. The van der Waals surface area contributed by atoms with Gasteiger partial charge in [0.05, 0.1) is 17.3 Å². The molecule has 8 rings (SSSR count). The highest BCUT2D eigenvalue weighted by Crippen LogP contribution is 2.80.